The predicted molar refractivity (Wildman–Crippen MR) is 101 cm³/mol. The molecule has 0 unspecified atom stereocenters. The van der Waals surface area contributed by atoms with Crippen LogP contribution in [0.3, 0.4) is 0 Å². The molecule has 0 aromatic heterocycles. The van der Waals surface area contributed by atoms with Crippen molar-refractivity contribution < 1.29 is 29.0 Å². The number of halogens is 1. The van der Waals surface area contributed by atoms with E-state index < -0.39 is 41.6 Å². The Morgan fingerprint density at radius 1 is 1.36 bits per heavy atom. The van der Waals surface area contributed by atoms with E-state index in [2.05, 4.69) is 15.9 Å². The summed E-state index contributed by atoms with van der Waals surface area (Å²) in [7, 11) is 0. The highest BCUT2D eigenvalue weighted by Gasteiger charge is 2.67. The Balaban J connectivity index is 1.67. The van der Waals surface area contributed by atoms with E-state index in [9.17, 15) is 19.5 Å². The molecular weight excluding hydrogens is 430 g/mol. The van der Waals surface area contributed by atoms with Crippen molar-refractivity contribution in [2.75, 3.05) is 0 Å². The van der Waals surface area contributed by atoms with Gasteiger partial charge in [-0.1, -0.05) is 59.3 Å². The molecule has 1 aromatic carbocycles. The summed E-state index contributed by atoms with van der Waals surface area (Å²) in [6.07, 6.45) is 1.10. The molecule has 0 radical (unpaired) electrons. The minimum absolute atomic E-state index is 0.0342. The summed E-state index contributed by atoms with van der Waals surface area (Å²) in [5.74, 6) is -1.82. The smallest absolute Gasteiger partial charge is 0.411 e. The Kier molecular flexibility index (Phi) is 4.69. The molecule has 28 heavy (non-hydrogen) atoms. The summed E-state index contributed by atoms with van der Waals surface area (Å²) >= 11 is 3.46. The Labute approximate surface area is 170 Å². The molecule has 2 bridgehead atoms. The highest BCUT2D eigenvalue weighted by atomic mass is 79.9. The fraction of sp³-hybridized carbons (Fsp3) is 0.450. The van der Waals surface area contributed by atoms with Crippen LogP contribution in [0, 0.1) is 11.3 Å². The average Bonchev–Trinajstić information content (AvgIpc) is 3.11. The maximum atomic E-state index is 13.0. The molecule has 4 aliphatic rings. The molecule has 148 valence electrons. The number of aliphatic carboxylic acids is 1. The lowest BCUT2D eigenvalue weighted by Gasteiger charge is -2.51. The molecule has 1 aliphatic carbocycles. The van der Waals surface area contributed by atoms with E-state index >= 15 is 0 Å². The number of carboxylic acids is 1. The van der Waals surface area contributed by atoms with Gasteiger partial charge in [-0.3, -0.25) is 9.69 Å². The minimum Gasteiger partial charge on any atom is -0.480 e. The second-order valence-electron chi connectivity index (χ2n) is 7.39. The summed E-state index contributed by atoms with van der Waals surface area (Å²) in [5.41, 5.74) is -0.273. The SMILES string of the molecule is CC[C@]12C=C(Br)[C@H](OC1=O)[C@@H]1C[C@@H](C(=O)O)N(C(=O)OCc3ccccc3)[C@@H]12. The summed E-state index contributed by atoms with van der Waals surface area (Å²) < 4.78 is 11.7. The van der Waals surface area contributed by atoms with Crippen LogP contribution in [0.15, 0.2) is 40.9 Å². The quantitative estimate of drug-likeness (QED) is 0.709. The van der Waals surface area contributed by atoms with Gasteiger partial charge in [0.2, 0.25) is 0 Å². The number of nitrogens with zero attached hydrogens (tertiary/aromatic N) is 1. The number of esters is 1. The van der Waals surface area contributed by atoms with Gasteiger partial charge in [-0.2, -0.15) is 0 Å². The summed E-state index contributed by atoms with van der Waals surface area (Å²) in [5, 5.41) is 9.74. The lowest BCUT2D eigenvalue weighted by Crippen LogP contribution is -2.63. The minimum atomic E-state index is -1.11. The van der Waals surface area contributed by atoms with Gasteiger partial charge in [0.05, 0.1) is 6.04 Å². The third kappa shape index (κ3) is 2.73. The van der Waals surface area contributed by atoms with Gasteiger partial charge < -0.3 is 14.6 Å². The van der Waals surface area contributed by atoms with Crippen LogP contribution in [0.4, 0.5) is 4.79 Å². The van der Waals surface area contributed by atoms with E-state index in [0.29, 0.717) is 6.42 Å². The number of rotatable bonds is 4. The Morgan fingerprint density at radius 2 is 2.07 bits per heavy atom. The maximum absolute atomic E-state index is 13.0. The van der Waals surface area contributed by atoms with Crippen LogP contribution in [0.2, 0.25) is 0 Å². The zero-order chi connectivity index (χ0) is 20.1. The van der Waals surface area contributed by atoms with Crippen molar-refractivity contribution in [2.24, 2.45) is 11.3 Å². The highest BCUT2D eigenvalue weighted by Crippen LogP contribution is 2.56. The van der Waals surface area contributed by atoms with Gasteiger partial charge in [0.25, 0.3) is 0 Å². The van der Waals surface area contributed by atoms with E-state index in [1.54, 1.807) is 6.08 Å². The molecule has 1 amide bonds. The maximum Gasteiger partial charge on any atom is 0.411 e. The van der Waals surface area contributed by atoms with Crippen molar-refractivity contribution in [3.8, 4) is 0 Å². The van der Waals surface area contributed by atoms with Gasteiger partial charge in [0.1, 0.15) is 24.2 Å². The third-order valence-electron chi connectivity index (χ3n) is 6.02. The average molecular weight is 450 g/mol. The van der Waals surface area contributed by atoms with Crippen LogP contribution in [-0.4, -0.2) is 46.2 Å². The van der Waals surface area contributed by atoms with Crippen LogP contribution in [0.25, 0.3) is 0 Å². The third-order valence-corrected chi connectivity index (χ3v) is 6.70. The van der Waals surface area contributed by atoms with E-state index in [1.165, 1.54) is 4.90 Å². The molecule has 5 atom stereocenters. The molecule has 1 aromatic rings. The van der Waals surface area contributed by atoms with Crippen LogP contribution in [0.1, 0.15) is 25.3 Å². The lowest BCUT2D eigenvalue weighted by atomic mass is 9.65. The van der Waals surface area contributed by atoms with Crippen LogP contribution < -0.4 is 0 Å². The first kappa shape index (κ1) is 19.0. The Morgan fingerprint density at radius 3 is 2.71 bits per heavy atom. The topological polar surface area (TPSA) is 93.1 Å². The number of carboxylic acid groups (broad SMARTS) is 1. The van der Waals surface area contributed by atoms with Crippen molar-refractivity contribution >= 4 is 34.0 Å². The molecule has 0 saturated carbocycles. The monoisotopic (exact) mass is 449 g/mol. The molecule has 1 N–H and O–H groups in total. The first-order chi connectivity index (χ1) is 13.4. The van der Waals surface area contributed by atoms with Gasteiger partial charge in [-0.25, -0.2) is 9.59 Å². The zero-order valence-electron chi connectivity index (χ0n) is 15.2. The predicted octanol–water partition coefficient (Wildman–Crippen LogP) is 3.08. The second-order valence-corrected chi connectivity index (χ2v) is 8.31. The number of fused-ring (bicyclic) bond motifs is 1. The number of hydrogen-bond acceptors (Lipinski definition) is 5. The van der Waals surface area contributed by atoms with Crippen molar-refractivity contribution in [1.29, 1.82) is 0 Å². The Hall–Kier alpha value is -2.35. The highest BCUT2D eigenvalue weighted by molar-refractivity contribution is 9.11. The van der Waals surface area contributed by atoms with Gasteiger partial charge in [0, 0.05) is 10.4 Å². The number of carbonyl (C=O) groups is 3. The normalized spacial score (nSPS) is 33.1. The van der Waals surface area contributed by atoms with E-state index in [1.807, 2.05) is 37.3 Å². The summed E-state index contributed by atoms with van der Waals surface area (Å²) in [6.45, 7) is 1.87. The summed E-state index contributed by atoms with van der Waals surface area (Å²) in [6, 6.07) is 7.50. The Bertz CT molecular complexity index is 856. The molecule has 2 saturated heterocycles. The van der Waals surface area contributed by atoms with Crippen molar-refractivity contribution in [1.82, 2.24) is 4.90 Å². The van der Waals surface area contributed by atoms with Crippen LogP contribution in [-0.2, 0) is 25.7 Å². The van der Waals surface area contributed by atoms with Gasteiger partial charge >= 0.3 is 18.0 Å². The standard InChI is InChI=1S/C20H20BrNO6/c1-2-20-9-13(21)15(28-18(20)25)12-8-14(17(23)24)22(16(12)20)19(26)27-10-11-6-4-3-5-7-11/h3-7,9,12,14-16H,2,8,10H2,1H3,(H,23,24)/t12-,14-,15+,16-,20+/m0/s1. The fourth-order valence-corrected chi connectivity index (χ4v) is 5.54. The van der Waals surface area contributed by atoms with Crippen molar-refractivity contribution in [3.63, 3.8) is 0 Å². The number of amides is 1. The van der Waals surface area contributed by atoms with E-state index in [-0.39, 0.29) is 18.9 Å². The molecule has 7 nitrogen and oxygen atoms in total. The number of benzene rings is 1. The second kappa shape index (κ2) is 6.92. The molecule has 5 rings (SSSR count). The van der Waals surface area contributed by atoms with Gasteiger partial charge in [0.15, 0.2) is 0 Å². The number of ether oxygens (including phenoxy) is 2. The summed E-state index contributed by atoms with van der Waals surface area (Å²) in [4.78, 5) is 38.8. The van der Waals surface area contributed by atoms with E-state index in [0.717, 1.165) is 10.0 Å². The molecule has 2 fully saturated rings. The van der Waals surface area contributed by atoms with Gasteiger partial charge in [-0.15, -0.1) is 0 Å². The molecule has 3 heterocycles. The van der Waals surface area contributed by atoms with Crippen LogP contribution in [0.5, 0.6) is 0 Å². The fourth-order valence-electron chi connectivity index (χ4n) is 4.70. The van der Waals surface area contributed by atoms with Crippen LogP contribution >= 0.6 is 15.9 Å². The number of likely N-dealkylation sites (tertiary alicyclic amines) is 1. The molecular formula is C20H20BrNO6. The molecule has 8 heteroatoms. The van der Waals surface area contributed by atoms with Crippen molar-refractivity contribution in [2.45, 2.75) is 44.6 Å². The lowest BCUT2D eigenvalue weighted by molar-refractivity contribution is -0.178. The van der Waals surface area contributed by atoms with E-state index in [4.69, 9.17) is 9.47 Å². The largest absolute Gasteiger partial charge is 0.480 e. The first-order valence-electron chi connectivity index (χ1n) is 9.20. The zero-order valence-corrected chi connectivity index (χ0v) is 16.8. The van der Waals surface area contributed by atoms with Crippen molar-refractivity contribution in [3.05, 3.63) is 46.5 Å². The molecule has 3 aliphatic heterocycles. The van der Waals surface area contributed by atoms with Gasteiger partial charge in [-0.05, 0) is 18.4 Å². The first-order valence-corrected chi connectivity index (χ1v) is 9.99. The number of hydrogen-bond donors (Lipinski definition) is 1. The molecule has 0 spiro atoms. The number of carbonyl (C=O) groups excluding carboxylic acids is 2.